The third-order valence-electron chi connectivity index (χ3n) is 2.67. The largest absolute Gasteiger partial charge is 0.388 e. The van der Waals surface area contributed by atoms with Gasteiger partial charge in [-0.1, -0.05) is 5.16 Å². The molecule has 0 fully saturated rings. The molecule has 0 amide bonds. The molecular weight excluding hydrogens is 300 g/mol. The van der Waals surface area contributed by atoms with Crippen molar-refractivity contribution in [1.82, 2.24) is 9.88 Å². The van der Waals surface area contributed by atoms with Crippen LogP contribution in [0.15, 0.2) is 39.9 Å². The number of hydrogen-bond acceptors (Lipinski definition) is 7. The molecule has 2 aromatic rings. The predicted octanol–water partition coefficient (Wildman–Crippen LogP) is 1.10. The second-order valence-corrected chi connectivity index (χ2v) is 5.74. The fourth-order valence-electron chi connectivity index (χ4n) is 1.61. The zero-order valence-corrected chi connectivity index (χ0v) is 11.8. The monoisotopic (exact) mass is 312 g/mol. The molecule has 1 aromatic heterocycles. The number of nitro groups is 1. The molecule has 0 saturated carbocycles. The first kappa shape index (κ1) is 14.9. The van der Waals surface area contributed by atoms with Crippen LogP contribution in [0.5, 0.6) is 0 Å². The van der Waals surface area contributed by atoms with Crippen LogP contribution < -0.4 is 10.0 Å². The average Bonchev–Trinajstić information content (AvgIpc) is 2.98. The minimum absolute atomic E-state index is 0.125. The number of hydrogen-bond donors (Lipinski definition) is 2. The van der Waals surface area contributed by atoms with Crippen molar-refractivity contribution in [3.8, 4) is 0 Å². The molecule has 9 nitrogen and oxygen atoms in total. The summed E-state index contributed by atoms with van der Waals surface area (Å²) < 4.78 is 31.3. The maximum absolute atomic E-state index is 12.2. The number of anilines is 1. The van der Waals surface area contributed by atoms with E-state index in [0.717, 1.165) is 6.07 Å². The lowest BCUT2D eigenvalue weighted by Crippen LogP contribution is -2.24. The molecule has 10 heteroatoms. The predicted molar refractivity (Wildman–Crippen MR) is 73.2 cm³/mol. The van der Waals surface area contributed by atoms with Gasteiger partial charge in [-0.15, -0.1) is 0 Å². The highest BCUT2D eigenvalue weighted by Crippen LogP contribution is 2.26. The molecule has 0 unspecified atom stereocenters. The summed E-state index contributed by atoms with van der Waals surface area (Å²) in [5.41, 5.74) is 0.315. The summed E-state index contributed by atoms with van der Waals surface area (Å²) in [6.45, 7) is -0.125. The Morgan fingerprint density at radius 1 is 1.38 bits per heavy atom. The van der Waals surface area contributed by atoms with Gasteiger partial charge in [0.15, 0.2) is 4.90 Å². The number of sulfonamides is 1. The van der Waals surface area contributed by atoms with Crippen molar-refractivity contribution in [2.24, 2.45) is 0 Å². The van der Waals surface area contributed by atoms with E-state index in [-0.39, 0.29) is 6.54 Å². The maximum Gasteiger partial charge on any atom is 0.289 e. The number of nitrogens with zero attached hydrogens (tertiary/aromatic N) is 2. The van der Waals surface area contributed by atoms with Crippen LogP contribution in [0.4, 0.5) is 11.4 Å². The van der Waals surface area contributed by atoms with Crippen molar-refractivity contribution in [3.63, 3.8) is 0 Å². The van der Waals surface area contributed by atoms with Gasteiger partial charge >= 0.3 is 0 Å². The molecule has 0 aliphatic carbocycles. The van der Waals surface area contributed by atoms with E-state index in [4.69, 9.17) is 0 Å². The Balaban J connectivity index is 2.35. The summed E-state index contributed by atoms with van der Waals surface area (Å²) in [6.07, 6.45) is 1.30. The van der Waals surface area contributed by atoms with Crippen LogP contribution in [0, 0.1) is 10.1 Å². The number of aromatic nitrogens is 1. The number of nitrogens with one attached hydrogen (secondary N) is 2. The highest BCUT2D eigenvalue weighted by atomic mass is 32.2. The smallest absolute Gasteiger partial charge is 0.289 e. The zero-order chi connectivity index (χ0) is 15.5. The van der Waals surface area contributed by atoms with E-state index in [1.54, 1.807) is 7.05 Å². The van der Waals surface area contributed by atoms with Gasteiger partial charge < -0.3 is 9.84 Å². The standard InChI is InChI=1S/C11H12N4O5S/c1-12-8-2-3-10(15(16)17)11(6-8)21(18,19)13-7-9-4-5-20-14-9/h2-6,12-13H,7H2,1H3. The Morgan fingerprint density at radius 2 is 2.14 bits per heavy atom. The van der Waals surface area contributed by atoms with E-state index in [1.807, 2.05) is 0 Å². The molecule has 1 heterocycles. The lowest BCUT2D eigenvalue weighted by atomic mass is 10.3. The Hall–Kier alpha value is -2.46. The molecule has 0 bridgehead atoms. The Morgan fingerprint density at radius 3 is 2.71 bits per heavy atom. The molecule has 0 saturated heterocycles. The molecule has 2 rings (SSSR count). The highest BCUT2D eigenvalue weighted by molar-refractivity contribution is 7.89. The third-order valence-corrected chi connectivity index (χ3v) is 4.10. The summed E-state index contributed by atoms with van der Waals surface area (Å²) in [6, 6.07) is 5.25. The Labute approximate surface area is 120 Å². The van der Waals surface area contributed by atoms with Crippen LogP contribution in [0.25, 0.3) is 0 Å². The minimum Gasteiger partial charge on any atom is -0.388 e. The topological polar surface area (TPSA) is 127 Å². The van der Waals surface area contributed by atoms with Crippen molar-refractivity contribution in [3.05, 3.63) is 46.3 Å². The van der Waals surface area contributed by atoms with E-state index in [0.29, 0.717) is 11.4 Å². The molecule has 0 aliphatic heterocycles. The minimum atomic E-state index is -4.06. The van der Waals surface area contributed by atoms with Crippen LogP contribution in [0.2, 0.25) is 0 Å². The van der Waals surface area contributed by atoms with Gasteiger partial charge in [0.25, 0.3) is 5.69 Å². The molecule has 1 aromatic carbocycles. The molecule has 2 N–H and O–H groups in total. The summed E-state index contributed by atoms with van der Waals surface area (Å²) in [5, 5.41) is 17.3. The summed E-state index contributed by atoms with van der Waals surface area (Å²) in [5.74, 6) is 0. The molecule has 21 heavy (non-hydrogen) atoms. The molecule has 0 spiro atoms. The van der Waals surface area contributed by atoms with Gasteiger partial charge in [0.05, 0.1) is 17.2 Å². The first-order valence-electron chi connectivity index (χ1n) is 5.79. The summed E-state index contributed by atoms with van der Waals surface area (Å²) >= 11 is 0. The fourth-order valence-corrected chi connectivity index (χ4v) is 2.80. The molecular formula is C11H12N4O5S. The average molecular weight is 312 g/mol. The SMILES string of the molecule is CNc1ccc([N+](=O)[O-])c(S(=O)(=O)NCc2ccon2)c1. The van der Waals surface area contributed by atoms with E-state index in [9.17, 15) is 18.5 Å². The number of benzene rings is 1. The van der Waals surface area contributed by atoms with Crippen LogP contribution in [0.1, 0.15) is 5.69 Å². The lowest BCUT2D eigenvalue weighted by Gasteiger charge is -2.08. The quantitative estimate of drug-likeness (QED) is 0.604. The van der Waals surface area contributed by atoms with Gasteiger partial charge in [-0.2, -0.15) is 0 Å². The van der Waals surface area contributed by atoms with Gasteiger partial charge in [0.2, 0.25) is 10.0 Å². The maximum atomic E-state index is 12.2. The molecule has 0 aliphatic rings. The molecule has 0 atom stereocenters. The number of nitro benzene ring substituents is 1. The van der Waals surface area contributed by atoms with Crippen molar-refractivity contribution >= 4 is 21.4 Å². The van der Waals surface area contributed by atoms with Crippen LogP contribution in [0.3, 0.4) is 0 Å². The number of rotatable bonds is 6. The second kappa shape index (κ2) is 5.89. The van der Waals surface area contributed by atoms with Crippen molar-refractivity contribution in [1.29, 1.82) is 0 Å². The van der Waals surface area contributed by atoms with E-state index >= 15 is 0 Å². The lowest BCUT2D eigenvalue weighted by molar-refractivity contribution is -0.387. The van der Waals surface area contributed by atoms with Crippen LogP contribution >= 0.6 is 0 Å². The van der Waals surface area contributed by atoms with Gasteiger partial charge in [0.1, 0.15) is 6.26 Å². The van der Waals surface area contributed by atoms with Crippen molar-refractivity contribution < 1.29 is 17.9 Å². The van der Waals surface area contributed by atoms with E-state index in [1.165, 1.54) is 24.5 Å². The second-order valence-electron chi connectivity index (χ2n) is 4.00. The zero-order valence-electron chi connectivity index (χ0n) is 10.9. The fraction of sp³-hybridized carbons (Fsp3) is 0.182. The van der Waals surface area contributed by atoms with Gasteiger partial charge in [0, 0.05) is 24.9 Å². The first-order chi connectivity index (χ1) is 9.94. The van der Waals surface area contributed by atoms with Gasteiger partial charge in [-0.05, 0) is 12.1 Å². The summed E-state index contributed by atoms with van der Waals surface area (Å²) in [4.78, 5) is 9.81. The molecule has 0 radical (unpaired) electrons. The van der Waals surface area contributed by atoms with Crippen LogP contribution in [-0.4, -0.2) is 25.5 Å². The van der Waals surface area contributed by atoms with Gasteiger partial charge in [-0.3, -0.25) is 10.1 Å². The van der Waals surface area contributed by atoms with Crippen molar-refractivity contribution in [2.45, 2.75) is 11.4 Å². The van der Waals surface area contributed by atoms with Gasteiger partial charge in [-0.25, -0.2) is 13.1 Å². The van der Waals surface area contributed by atoms with Crippen LogP contribution in [-0.2, 0) is 16.6 Å². The third kappa shape index (κ3) is 3.35. The Bertz CT molecular complexity index is 742. The Kier molecular flexibility index (Phi) is 4.19. The van der Waals surface area contributed by atoms with E-state index < -0.39 is 25.5 Å². The highest BCUT2D eigenvalue weighted by Gasteiger charge is 2.26. The molecule has 112 valence electrons. The summed E-state index contributed by atoms with van der Waals surface area (Å²) in [7, 11) is -2.47. The van der Waals surface area contributed by atoms with Crippen molar-refractivity contribution in [2.75, 3.05) is 12.4 Å². The normalized spacial score (nSPS) is 11.3. The first-order valence-corrected chi connectivity index (χ1v) is 7.27. The van der Waals surface area contributed by atoms with E-state index in [2.05, 4.69) is 19.7 Å².